The molecule has 1 atom stereocenters. The highest BCUT2D eigenvalue weighted by atomic mass is 16.5. The Hall–Kier alpha value is -0.160. The van der Waals surface area contributed by atoms with E-state index >= 15 is 0 Å². The maximum absolute atomic E-state index is 6.09. The quantitative estimate of drug-likeness (QED) is 0.823. The second kappa shape index (κ2) is 7.58. The predicted molar refractivity (Wildman–Crippen MR) is 77.5 cm³/mol. The molecule has 0 amide bonds. The van der Waals surface area contributed by atoms with Crippen molar-refractivity contribution in [2.45, 2.75) is 51.2 Å². The van der Waals surface area contributed by atoms with Gasteiger partial charge in [0.1, 0.15) is 5.60 Å². The lowest BCUT2D eigenvalue weighted by Crippen LogP contribution is -2.58. The van der Waals surface area contributed by atoms with Gasteiger partial charge in [0, 0.05) is 32.2 Å². The minimum absolute atomic E-state index is 0.117. The monoisotopic (exact) mass is 270 g/mol. The Bertz CT molecular complexity index is 249. The number of rotatable bonds is 5. The Labute approximate surface area is 117 Å². The molecule has 2 rings (SSSR count). The fraction of sp³-hybridized carbons (Fsp3) is 1.00. The molecule has 2 heterocycles. The lowest BCUT2D eigenvalue weighted by molar-refractivity contribution is -0.110. The van der Waals surface area contributed by atoms with Crippen molar-refractivity contribution in [2.75, 3.05) is 46.0 Å². The number of ether oxygens (including phenoxy) is 2. The van der Waals surface area contributed by atoms with E-state index in [9.17, 15) is 0 Å². The van der Waals surface area contributed by atoms with Crippen LogP contribution in [0, 0.1) is 0 Å². The molecule has 1 spiro atoms. The molecule has 0 saturated carbocycles. The minimum Gasteiger partial charge on any atom is -0.377 e. The third-order valence-corrected chi connectivity index (χ3v) is 4.27. The number of nitrogens with one attached hydrogen (secondary N) is 1. The average Bonchev–Trinajstić information content (AvgIpc) is 2.62. The molecule has 2 aliphatic rings. The van der Waals surface area contributed by atoms with E-state index in [4.69, 9.17) is 9.47 Å². The zero-order valence-corrected chi connectivity index (χ0v) is 12.6. The summed E-state index contributed by atoms with van der Waals surface area (Å²) in [6.45, 7) is 10.9. The molecule has 1 unspecified atom stereocenters. The molecular weight excluding hydrogens is 240 g/mol. The van der Waals surface area contributed by atoms with E-state index in [2.05, 4.69) is 24.1 Å². The van der Waals surface area contributed by atoms with E-state index in [0.717, 1.165) is 46.0 Å². The number of morpholine rings is 1. The van der Waals surface area contributed by atoms with E-state index in [1.54, 1.807) is 0 Å². The summed E-state index contributed by atoms with van der Waals surface area (Å²) in [5.41, 5.74) is -0.117. The second-order valence-electron chi connectivity index (χ2n) is 5.96. The van der Waals surface area contributed by atoms with Crippen LogP contribution in [-0.4, -0.2) is 62.5 Å². The van der Waals surface area contributed by atoms with Crippen LogP contribution in [0.25, 0.3) is 0 Å². The van der Waals surface area contributed by atoms with Gasteiger partial charge in [-0.05, 0) is 12.8 Å². The molecule has 4 nitrogen and oxygen atoms in total. The molecule has 0 aromatic rings. The first-order valence-electron chi connectivity index (χ1n) is 7.96. The van der Waals surface area contributed by atoms with Crippen LogP contribution in [0.3, 0.4) is 0 Å². The summed E-state index contributed by atoms with van der Waals surface area (Å²) in [5.74, 6) is 0. The standard InChI is InChI=1S/C15H30N2O2/c1-3-5-14(6-4-2)17-8-10-18-13-15(12-17)11-16-7-9-19-15/h14,16H,3-13H2,1-2H3. The zero-order valence-electron chi connectivity index (χ0n) is 12.6. The van der Waals surface area contributed by atoms with Gasteiger partial charge in [0.05, 0.1) is 19.8 Å². The third kappa shape index (κ3) is 4.15. The van der Waals surface area contributed by atoms with E-state index < -0.39 is 0 Å². The summed E-state index contributed by atoms with van der Waals surface area (Å²) in [6.07, 6.45) is 5.09. The van der Waals surface area contributed by atoms with Crippen molar-refractivity contribution >= 4 is 0 Å². The normalized spacial score (nSPS) is 29.8. The molecule has 0 radical (unpaired) electrons. The van der Waals surface area contributed by atoms with Crippen LogP contribution in [-0.2, 0) is 9.47 Å². The highest BCUT2D eigenvalue weighted by Gasteiger charge is 2.38. The number of nitrogens with zero attached hydrogens (tertiary/aromatic N) is 1. The zero-order chi connectivity index (χ0) is 13.6. The van der Waals surface area contributed by atoms with Gasteiger partial charge in [-0.1, -0.05) is 26.7 Å². The van der Waals surface area contributed by atoms with E-state index in [1.807, 2.05) is 0 Å². The molecular formula is C15H30N2O2. The number of hydrogen-bond donors (Lipinski definition) is 1. The van der Waals surface area contributed by atoms with Crippen molar-refractivity contribution in [3.63, 3.8) is 0 Å². The van der Waals surface area contributed by atoms with Crippen molar-refractivity contribution in [2.24, 2.45) is 0 Å². The van der Waals surface area contributed by atoms with Crippen LogP contribution >= 0.6 is 0 Å². The molecule has 2 fully saturated rings. The second-order valence-corrected chi connectivity index (χ2v) is 5.96. The van der Waals surface area contributed by atoms with Gasteiger partial charge in [-0.2, -0.15) is 0 Å². The smallest absolute Gasteiger partial charge is 0.116 e. The Morgan fingerprint density at radius 2 is 2.00 bits per heavy atom. The highest BCUT2D eigenvalue weighted by Crippen LogP contribution is 2.23. The van der Waals surface area contributed by atoms with Crippen LogP contribution in [0.2, 0.25) is 0 Å². The van der Waals surface area contributed by atoms with Gasteiger partial charge in [0.25, 0.3) is 0 Å². The van der Waals surface area contributed by atoms with Gasteiger partial charge in [-0.3, -0.25) is 4.90 Å². The summed E-state index contributed by atoms with van der Waals surface area (Å²) in [5, 5.41) is 3.46. The molecule has 1 N–H and O–H groups in total. The van der Waals surface area contributed by atoms with Gasteiger partial charge in [0.2, 0.25) is 0 Å². The molecule has 112 valence electrons. The van der Waals surface area contributed by atoms with Crippen LogP contribution in [0.5, 0.6) is 0 Å². The van der Waals surface area contributed by atoms with Gasteiger partial charge >= 0.3 is 0 Å². The molecule has 0 aromatic carbocycles. The van der Waals surface area contributed by atoms with Crippen LogP contribution in [0.15, 0.2) is 0 Å². The van der Waals surface area contributed by atoms with Gasteiger partial charge in [-0.15, -0.1) is 0 Å². The van der Waals surface area contributed by atoms with Crippen LogP contribution in [0.4, 0.5) is 0 Å². The molecule has 19 heavy (non-hydrogen) atoms. The lowest BCUT2D eigenvalue weighted by atomic mass is 9.99. The SMILES string of the molecule is CCCC(CCC)N1CCOCC2(CNCCO2)C1. The molecule has 2 aliphatic heterocycles. The Morgan fingerprint density at radius 1 is 1.21 bits per heavy atom. The summed E-state index contributed by atoms with van der Waals surface area (Å²) in [6, 6.07) is 0.694. The van der Waals surface area contributed by atoms with E-state index in [1.165, 1.54) is 25.7 Å². The van der Waals surface area contributed by atoms with Crippen molar-refractivity contribution in [1.29, 1.82) is 0 Å². The highest BCUT2D eigenvalue weighted by molar-refractivity contribution is 4.92. The maximum atomic E-state index is 6.09. The third-order valence-electron chi connectivity index (χ3n) is 4.27. The Balaban J connectivity index is 2.01. The minimum atomic E-state index is -0.117. The van der Waals surface area contributed by atoms with Gasteiger partial charge in [0.15, 0.2) is 0 Å². The van der Waals surface area contributed by atoms with Crippen molar-refractivity contribution in [3.05, 3.63) is 0 Å². The van der Waals surface area contributed by atoms with Crippen molar-refractivity contribution in [1.82, 2.24) is 10.2 Å². The van der Waals surface area contributed by atoms with E-state index in [-0.39, 0.29) is 5.60 Å². The Morgan fingerprint density at radius 3 is 2.63 bits per heavy atom. The largest absolute Gasteiger partial charge is 0.377 e. The summed E-state index contributed by atoms with van der Waals surface area (Å²) in [7, 11) is 0. The molecule has 0 aliphatic carbocycles. The molecule has 0 aromatic heterocycles. The van der Waals surface area contributed by atoms with Crippen LogP contribution in [0.1, 0.15) is 39.5 Å². The topological polar surface area (TPSA) is 33.7 Å². The predicted octanol–water partition coefficient (Wildman–Crippen LogP) is 1.65. The van der Waals surface area contributed by atoms with Gasteiger partial charge in [-0.25, -0.2) is 0 Å². The summed E-state index contributed by atoms with van der Waals surface area (Å²) < 4.78 is 11.9. The van der Waals surface area contributed by atoms with Crippen LogP contribution < -0.4 is 5.32 Å². The van der Waals surface area contributed by atoms with Crippen molar-refractivity contribution < 1.29 is 9.47 Å². The first-order chi connectivity index (χ1) is 9.29. The molecule has 4 heteroatoms. The van der Waals surface area contributed by atoms with E-state index in [0.29, 0.717) is 6.04 Å². The van der Waals surface area contributed by atoms with Gasteiger partial charge < -0.3 is 14.8 Å². The number of hydrogen-bond acceptors (Lipinski definition) is 4. The summed E-state index contributed by atoms with van der Waals surface area (Å²) in [4.78, 5) is 2.62. The molecule has 2 saturated heterocycles. The average molecular weight is 270 g/mol. The van der Waals surface area contributed by atoms with Crippen molar-refractivity contribution in [3.8, 4) is 0 Å². The lowest BCUT2D eigenvalue weighted by Gasteiger charge is -2.41. The molecule has 0 bridgehead atoms. The fourth-order valence-electron chi connectivity index (χ4n) is 3.32. The first kappa shape index (κ1) is 15.2. The maximum Gasteiger partial charge on any atom is 0.116 e. The first-order valence-corrected chi connectivity index (χ1v) is 7.96. The fourth-order valence-corrected chi connectivity index (χ4v) is 3.32. The summed E-state index contributed by atoms with van der Waals surface area (Å²) >= 11 is 0. The Kier molecular flexibility index (Phi) is 6.07.